The lowest BCUT2D eigenvalue weighted by molar-refractivity contribution is -0.129. The fourth-order valence-corrected chi connectivity index (χ4v) is 5.16. The summed E-state index contributed by atoms with van der Waals surface area (Å²) in [6, 6.07) is 0. The zero-order chi connectivity index (χ0) is 25.1. The maximum Gasteiger partial charge on any atom is 0.259 e. The minimum Gasteiger partial charge on any atom is -0.439 e. The molecule has 3 rings (SSSR count). The molecule has 2 N–H and O–H groups in total. The number of aromatic nitrogens is 1. The number of nitrogens with two attached hydrogens (primary N) is 1. The molecule has 0 aromatic carbocycles. The summed E-state index contributed by atoms with van der Waals surface area (Å²) in [5, 5.41) is 0.101. The van der Waals surface area contributed by atoms with Crippen molar-refractivity contribution >= 4 is 28.4 Å². The van der Waals surface area contributed by atoms with Crippen molar-refractivity contribution in [2.45, 2.75) is 73.1 Å². The summed E-state index contributed by atoms with van der Waals surface area (Å²) in [7, 11) is 1.56. The van der Waals surface area contributed by atoms with Crippen LogP contribution in [0, 0.1) is 17.8 Å². The Bertz CT molecular complexity index is 925. The van der Waals surface area contributed by atoms with E-state index in [9.17, 15) is 4.79 Å². The zero-order valence-electron chi connectivity index (χ0n) is 21.8. The molecule has 1 aromatic heterocycles. The van der Waals surface area contributed by atoms with Crippen molar-refractivity contribution in [1.82, 2.24) is 14.8 Å². The Morgan fingerprint density at radius 2 is 1.76 bits per heavy atom. The van der Waals surface area contributed by atoms with Crippen molar-refractivity contribution < 1.29 is 9.21 Å². The monoisotopic (exact) mass is 491 g/mol. The van der Waals surface area contributed by atoms with Gasteiger partial charge in [0.1, 0.15) is 10.7 Å². The lowest BCUT2D eigenvalue weighted by atomic mass is 9.71. The minimum atomic E-state index is -0.181. The number of oxazole rings is 1. The molecule has 1 spiro atoms. The number of nitrogens with zero attached hydrogens (tertiary/aromatic N) is 4. The topological polar surface area (TPSA) is 88.0 Å². The summed E-state index contributed by atoms with van der Waals surface area (Å²) in [5.41, 5.74) is 8.21. The van der Waals surface area contributed by atoms with Gasteiger partial charge in [-0.1, -0.05) is 39.3 Å². The van der Waals surface area contributed by atoms with Crippen molar-refractivity contribution in [2.24, 2.45) is 21.6 Å². The van der Waals surface area contributed by atoms with E-state index in [0.29, 0.717) is 47.7 Å². The summed E-state index contributed by atoms with van der Waals surface area (Å²) in [4.78, 5) is 26.5. The van der Waals surface area contributed by atoms with E-state index in [4.69, 9.17) is 21.8 Å². The normalized spacial score (nSPS) is 20.6. The van der Waals surface area contributed by atoms with E-state index in [1.807, 2.05) is 18.7 Å². The molecular weight excluding hydrogens is 450 g/mol. The number of amides is 1. The predicted octanol–water partition coefficient (Wildman–Crippen LogP) is 4.62. The van der Waals surface area contributed by atoms with Gasteiger partial charge in [0, 0.05) is 26.6 Å². The molecule has 0 unspecified atom stereocenters. The second kappa shape index (κ2) is 10.8. The molecule has 0 radical (unpaired) electrons. The van der Waals surface area contributed by atoms with Crippen LogP contribution in [0.1, 0.15) is 77.1 Å². The van der Waals surface area contributed by atoms with Gasteiger partial charge in [-0.2, -0.15) is 0 Å². The third-order valence-electron chi connectivity index (χ3n) is 7.48. The molecule has 2 saturated heterocycles. The lowest BCUT2D eigenvalue weighted by Gasteiger charge is -2.47. The van der Waals surface area contributed by atoms with Gasteiger partial charge >= 0.3 is 0 Å². The second-order valence-corrected chi connectivity index (χ2v) is 11.5. The third-order valence-corrected chi connectivity index (χ3v) is 7.84. The zero-order valence-corrected chi connectivity index (χ0v) is 22.6. The maximum absolute atomic E-state index is 13.6. The standard InChI is InChI=1S/C26H42ClN5O2/c1-7-19-30-18(2)22(34-19)21(28)20(23(27)29-6)24(33)32-16-11-26(12-17-32)9-14-31(15-10-26)13-8-25(3,4)5/h7-17,28H2,1-6H3/b21-20+,29-23?. The van der Waals surface area contributed by atoms with E-state index >= 15 is 0 Å². The van der Waals surface area contributed by atoms with E-state index < -0.39 is 0 Å². The quantitative estimate of drug-likeness (QED) is 0.463. The van der Waals surface area contributed by atoms with Gasteiger partial charge in [-0.3, -0.25) is 9.79 Å². The van der Waals surface area contributed by atoms with Gasteiger partial charge in [0.05, 0.1) is 11.4 Å². The summed E-state index contributed by atoms with van der Waals surface area (Å²) in [5.74, 6) is 0.804. The number of carbonyl (C=O) groups is 1. The second-order valence-electron chi connectivity index (χ2n) is 11.1. The third kappa shape index (κ3) is 6.22. The number of piperidine rings is 2. The minimum absolute atomic E-state index is 0.101. The molecule has 7 nitrogen and oxygen atoms in total. The molecule has 0 bridgehead atoms. The van der Waals surface area contributed by atoms with Crippen LogP contribution in [0.15, 0.2) is 15.0 Å². The molecule has 2 aliphatic rings. The smallest absolute Gasteiger partial charge is 0.259 e. The molecule has 0 saturated carbocycles. The molecule has 0 aliphatic carbocycles. The van der Waals surface area contributed by atoms with Crippen LogP contribution in [0.2, 0.25) is 0 Å². The molecule has 0 atom stereocenters. The van der Waals surface area contributed by atoms with Crippen LogP contribution >= 0.6 is 11.6 Å². The molecule has 3 heterocycles. The first kappa shape index (κ1) is 26.7. The SMILES string of the molecule is CCc1nc(C)c(/C(N)=C(\C(=O)N2CCC3(CCN(CCC(C)(C)C)CC3)CC2)C(Cl)=NC)o1. The van der Waals surface area contributed by atoms with Crippen LogP contribution in [0.5, 0.6) is 0 Å². The highest BCUT2D eigenvalue weighted by molar-refractivity contribution is 6.73. The maximum atomic E-state index is 13.6. The predicted molar refractivity (Wildman–Crippen MR) is 139 cm³/mol. The first-order chi connectivity index (χ1) is 16.0. The van der Waals surface area contributed by atoms with Gasteiger partial charge in [-0.25, -0.2) is 4.98 Å². The molecule has 34 heavy (non-hydrogen) atoms. The van der Waals surface area contributed by atoms with Crippen LogP contribution in [0.25, 0.3) is 5.70 Å². The van der Waals surface area contributed by atoms with Crippen molar-refractivity contribution in [2.75, 3.05) is 39.8 Å². The Morgan fingerprint density at radius 3 is 2.26 bits per heavy atom. The average Bonchev–Trinajstić information content (AvgIpc) is 3.19. The highest BCUT2D eigenvalue weighted by atomic mass is 35.5. The van der Waals surface area contributed by atoms with Crippen molar-refractivity contribution in [3.63, 3.8) is 0 Å². The highest BCUT2D eigenvalue weighted by Gasteiger charge is 2.39. The van der Waals surface area contributed by atoms with Crippen molar-refractivity contribution in [1.29, 1.82) is 0 Å². The van der Waals surface area contributed by atoms with E-state index in [2.05, 4.69) is 35.6 Å². The average molecular weight is 492 g/mol. The van der Waals surface area contributed by atoms with Crippen LogP contribution in [0.3, 0.4) is 0 Å². The van der Waals surface area contributed by atoms with Gasteiger partial charge in [0.2, 0.25) is 0 Å². The Labute approximate surface area is 209 Å². The van der Waals surface area contributed by atoms with Gasteiger partial charge in [0.25, 0.3) is 5.91 Å². The summed E-state index contributed by atoms with van der Waals surface area (Å²) in [6.07, 6.45) is 6.32. The first-order valence-electron chi connectivity index (χ1n) is 12.6. The fraction of sp³-hybridized carbons (Fsp3) is 0.731. The van der Waals surface area contributed by atoms with Gasteiger partial charge in [-0.05, 0) is 69.5 Å². The number of rotatable bonds is 6. The number of likely N-dealkylation sites (tertiary alicyclic amines) is 2. The molecule has 2 aliphatic heterocycles. The number of hydrogen-bond donors (Lipinski definition) is 1. The van der Waals surface area contributed by atoms with Crippen LogP contribution in [0.4, 0.5) is 0 Å². The number of halogens is 1. The van der Waals surface area contributed by atoms with Gasteiger partial charge < -0.3 is 20.0 Å². The Morgan fingerprint density at radius 1 is 1.18 bits per heavy atom. The molecule has 190 valence electrons. The van der Waals surface area contributed by atoms with E-state index in [-0.39, 0.29) is 22.3 Å². The van der Waals surface area contributed by atoms with Crippen molar-refractivity contribution in [3.05, 3.63) is 22.9 Å². The lowest BCUT2D eigenvalue weighted by Crippen LogP contribution is -2.49. The van der Waals surface area contributed by atoms with Crippen LogP contribution < -0.4 is 5.73 Å². The van der Waals surface area contributed by atoms with Gasteiger partial charge in [-0.15, -0.1) is 0 Å². The summed E-state index contributed by atoms with van der Waals surface area (Å²) >= 11 is 6.40. The summed E-state index contributed by atoms with van der Waals surface area (Å²) in [6.45, 7) is 15.6. The summed E-state index contributed by atoms with van der Waals surface area (Å²) < 4.78 is 5.80. The number of aliphatic imine (C=N–C) groups is 1. The molecule has 1 amide bonds. The molecule has 1 aromatic rings. The van der Waals surface area contributed by atoms with Crippen LogP contribution in [-0.2, 0) is 11.2 Å². The number of hydrogen-bond acceptors (Lipinski definition) is 6. The number of carbonyl (C=O) groups excluding carboxylic acids is 1. The van der Waals surface area contributed by atoms with Gasteiger partial charge in [0.15, 0.2) is 11.7 Å². The Kier molecular flexibility index (Phi) is 8.51. The largest absolute Gasteiger partial charge is 0.439 e. The molecular formula is C26H42ClN5O2. The van der Waals surface area contributed by atoms with E-state index in [1.165, 1.54) is 25.8 Å². The van der Waals surface area contributed by atoms with Crippen molar-refractivity contribution in [3.8, 4) is 0 Å². The highest BCUT2D eigenvalue weighted by Crippen LogP contribution is 2.42. The number of aryl methyl sites for hydroxylation is 2. The van der Waals surface area contributed by atoms with Crippen LogP contribution in [-0.4, -0.2) is 65.6 Å². The van der Waals surface area contributed by atoms with E-state index in [1.54, 1.807) is 7.05 Å². The molecule has 8 heteroatoms. The first-order valence-corrected chi connectivity index (χ1v) is 13.0. The van der Waals surface area contributed by atoms with E-state index in [0.717, 1.165) is 25.9 Å². The molecule has 2 fully saturated rings. The Hall–Kier alpha value is -1.86. The fourth-order valence-electron chi connectivity index (χ4n) is 4.98. The Balaban J connectivity index is 1.68.